The first-order valence-electron chi connectivity index (χ1n) is 7.29. The quantitative estimate of drug-likeness (QED) is 0.889. The summed E-state index contributed by atoms with van der Waals surface area (Å²) in [5, 5.41) is 7.83. The molecule has 4 nitrogen and oxygen atoms in total. The minimum atomic E-state index is 0.371. The molecule has 1 N–H and O–H groups in total. The van der Waals surface area contributed by atoms with Gasteiger partial charge in [-0.15, -0.1) is 0 Å². The van der Waals surface area contributed by atoms with Gasteiger partial charge in [-0.05, 0) is 37.6 Å². The molecule has 0 aromatic carbocycles. The third-order valence-corrected chi connectivity index (χ3v) is 5.44. The van der Waals surface area contributed by atoms with Crippen LogP contribution in [-0.2, 0) is 6.42 Å². The van der Waals surface area contributed by atoms with Crippen LogP contribution in [0, 0.1) is 16.7 Å². The number of likely N-dealkylation sites (N-methyl/N-ethyl adjacent to an activating group) is 1. The molecule has 1 aliphatic rings. The molecule has 19 heavy (non-hydrogen) atoms. The van der Waals surface area contributed by atoms with Gasteiger partial charge in [-0.2, -0.15) is 5.10 Å². The van der Waals surface area contributed by atoms with Gasteiger partial charge in [-0.25, -0.2) is 9.67 Å². The van der Waals surface area contributed by atoms with Crippen LogP contribution in [0.4, 0.5) is 0 Å². The Hall–Kier alpha value is -0.900. The lowest BCUT2D eigenvalue weighted by atomic mass is 10.0. The topological polar surface area (TPSA) is 42.7 Å². The van der Waals surface area contributed by atoms with E-state index in [1.165, 1.54) is 0 Å². The van der Waals surface area contributed by atoms with E-state index in [0.717, 1.165) is 12.2 Å². The van der Waals surface area contributed by atoms with E-state index < -0.39 is 0 Å². The molecule has 1 atom stereocenters. The molecule has 4 heteroatoms. The second kappa shape index (κ2) is 4.58. The van der Waals surface area contributed by atoms with E-state index >= 15 is 0 Å². The van der Waals surface area contributed by atoms with Crippen molar-refractivity contribution >= 4 is 0 Å². The van der Waals surface area contributed by atoms with Crippen LogP contribution in [0.25, 0.3) is 0 Å². The van der Waals surface area contributed by atoms with Gasteiger partial charge in [-0.1, -0.05) is 27.7 Å². The first kappa shape index (κ1) is 14.5. The van der Waals surface area contributed by atoms with Gasteiger partial charge in [-0.3, -0.25) is 0 Å². The molecule has 1 aliphatic carbocycles. The van der Waals surface area contributed by atoms with Crippen molar-refractivity contribution in [3.63, 3.8) is 0 Å². The molecule has 0 bridgehead atoms. The fourth-order valence-electron chi connectivity index (χ4n) is 3.69. The fraction of sp³-hybridized carbons (Fsp3) is 0.867. The molecule has 1 saturated carbocycles. The molecule has 1 aromatic rings. The lowest BCUT2D eigenvalue weighted by Crippen LogP contribution is -2.33. The standard InChI is InChI=1S/C15H28N4/c1-10(2)19-12(17-9-18-19)8-11(16-7)13-14(3,4)15(13,5)6/h9-11,13,16H,8H2,1-7H3. The zero-order chi connectivity index (χ0) is 14.4. The summed E-state index contributed by atoms with van der Waals surface area (Å²) in [6, 6.07) is 0.835. The van der Waals surface area contributed by atoms with Crippen molar-refractivity contribution in [2.45, 2.75) is 60.0 Å². The maximum atomic E-state index is 4.44. The van der Waals surface area contributed by atoms with Crippen LogP contribution in [-0.4, -0.2) is 27.9 Å². The molecule has 0 saturated heterocycles. The molecule has 2 rings (SSSR count). The number of nitrogens with one attached hydrogen (secondary N) is 1. The molecule has 1 unspecified atom stereocenters. The molecule has 108 valence electrons. The van der Waals surface area contributed by atoms with Crippen molar-refractivity contribution in [2.24, 2.45) is 16.7 Å². The first-order valence-corrected chi connectivity index (χ1v) is 7.29. The van der Waals surface area contributed by atoms with Crippen molar-refractivity contribution in [3.05, 3.63) is 12.2 Å². The molecule has 0 aliphatic heterocycles. The molecule has 1 aromatic heterocycles. The van der Waals surface area contributed by atoms with Gasteiger partial charge >= 0.3 is 0 Å². The lowest BCUT2D eigenvalue weighted by Gasteiger charge is -2.19. The van der Waals surface area contributed by atoms with E-state index in [9.17, 15) is 0 Å². The zero-order valence-electron chi connectivity index (χ0n) is 13.4. The SMILES string of the molecule is CNC(Cc1ncnn1C(C)C)C1C(C)(C)C1(C)C. The largest absolute Gasteiger partial charge is 0.316 e. The predicted molar refractivity (Wildman–Crippen MR) is 78.0 cm³/mol. The summed E-state index contributed by atoms with van der Waals surface area (Å²) in [6.45, 7) is 13.8. The van der Waals surface area contributed by atoms with E-state index in [4.69, 9.17) is 0 Å². The monoisotopic (exact) mass is 264 g/mol. The van der Waals surface area contributed by atoms with Crippen molar-refractivity contribution < 1.29 is 0 Å². The van der Waals surface area contributed by atoms with E-state index in [1.54, 1.807) is 6.33 Å². The Labute approximate surface area is 117 Å². The average molecular weight is 264 g/mol. The number of rotatable bonds is 5. The third-order valence-electron chi connectivity index (χ3n) is 5.44. The summed E-state index contributed by atoms with van der Waals surface area (Å²) in [4.78, 5) is 4.44. The minimum Gasteiger partial charge on any atom is -0.316 e. The van der Waals surface area contributed by atoms with Gasteiger partial charge in [0.1, 0.15) is 12.2 Å². The summed E-state index contributed by atoms with van der Waals surface area (Å²) in [6.07, 6.45) is 2.62. The Morgan fingerprint density at radius 3 is 2.26 bits per heavy atom. The second-order valence-electron chi connectivity index (χ2n) is 7.23. The van der Waals surface area contributed by atoms with Gasteiger partial charge in [0.2, 0.25) is 0 Å². The maximum absolute atomic E-state index is 4.44. The maximum Gasteiger partial charge on any atom is 0.138 e. The third kappa shape index (κ3) is 2.20. The van der Waals surface area contributed by atoms with Crippen LogP contribution >= 0.6 is 0 Å². The first-order chi connectivity index (χ1) is 8.73. The Kier molecular flexibility index (Phi) is 3.50. The molecule has 1 fully saturated rings. The summed E-state index contributed by atoms with van der Waals surface area (Å²) in [5.74, 6) is 1.77. The van der Waals surface area contributed by atoms with E-state index in [1.807, 2.05) is 4.68 Å². The van der Waals surface area contributed by atoms with Crippen LogP contribution in [0.1, 0.15) is 53.4 Å². The van der Waals surface area contributed by atoms with Crippen LogP contribution in [0.15, 0.2) is 6.33 Å². The highest BCUT2D eigenvalue weighted by molar-refractivity contribution is 5.17. The normalized spacial score (nSPS) is 22.7. The summed E-state index contributed by atoms with van der Waals surface area (Å²) in [7, 11) is 2.06. The fourth-order valence-corrected chi connectivity index (χ4v) is 3.69. The van der Waals surface area contributed by atoms with Crippen molar-refractivity contribution in [3.8, 4) is 0 Å². The molecule has 0 amide bonds. The smallest absolute Gasteiger partial charge is 0.138 e. The predicted octanol–water partition coefficient (Wildman–Crippen LogP) is 2.67. The Morgan fingerprint density at radius 2 is 1.84 bits per heavy atom. The molecule has 0 spiro atoms. The zero-order valence-corrected chi connectivity index (χ0v) is 13.4. The van der Waals surface area contributed by atoms with Crippen molar-refractivity contribution in [1.82, 2.24) is 20.1 Å². The highest BCUT2D eigenvalue weighted by Gasteiger charge is 2.66. The van der Waals surface area contributed by atoms with E-state index in [-0.39, 0.29) is 0 Å². The number of nitrogens with zero attached hydrogens (tertiary/aromatic N) is 3. The van der Waals surface area contributed by atoms with Crippen LogP contribution < -0.4 is 5.32 Å². The van der Waals surface area contributed by atoms with Gasteiger partial charge in [0, 0.05) is 18.5 Å². The number of hydrogen-bond donors (Lipinski definition) is 1. The van der Waals surface area contributed by atoms with Crippen LogP contribution in [0.2, 0.25) is 0 Å². The number of hydrogen-bond acceptors (Lipinski definition) is 3. The Balaban J connectivity index is 2.15. The van der Waals surface area contributed by atoms with Crippen molar-refractivity contribution in [2.75, 3.05) is 7.05 Å². The number of aromatic nitrogens is 3. The molecule has 1 heterocycles. The van der Waals surface area contributed by atoms with Gasteiger partial charge in [0.15, 0.2) is 0 Å². The van der Waals surface area contributed by atoms with Gasteiger partial charge in [0.05, 0.1) is 0 Å². The van der Waals surface area contributed by atoms with E-state index in [0.29, 0.717) is 28.8 Å². The second-order valence-corrected chi connectivity index (χ2v) is 7.23. The minimum absolute atomic E-state index is 0.371. The van der Waals surface area contributed by atoms with Crippen LogP contribution in [0.5, 0.6) is 0 Å². The molecular weight excluding hydrogens is 236 g/mol. The lowest BCUT2D eigenvalue weighted by molar-refractivity contribution is 0.397. The molecule has 0 radical (unpaired) electrons. The van der Waals surface area contributed by atoms with Gasteiger partial charge < -0.3 is 5.32 Å². The van der Waals surface area contributed by atoms with E-state index in [2.05, 4.69) is 64.0 Å². The van der Waals surface area contributed by atoms with Gasteiger partial charge in [0.25, 0.3) is 0 Å². The Bertz CT molecular complexity index is 431. The summed E-state index contributed by atoms with van der Waals surface area (Å²) >= 11 is 0. The highest BCUT2D eigenvalue weighted by Crippen LogP contribution is 2.69. The highest BCUT2D eigenvalue weighted by atomic mass is 15.3. The van der Waals surface area contributed by atoms with Crippen LogP contribution in [0.3, 0.4) is 0 Å². The Morgan fingerprint density at radius 1 is 1.26 bits per heavy atom. The summed E-state index contributed by atoms with van der Waals surface area (Å²) < 4.78 is 2.03. The average Bonchev–Trinajstić information content (AvgIpc) is 2.70. The van der Waals surface area contributed by atoms with Crippen molar-refractivity contribution in [1.29, 1.82) is 0 Å². The summed E-state index contributed by atoms with van der Waals surface area (Å²) in [5.41, 5.74) is 0.784. The molecular formula is C15H28N4.